The lowest BCUT2D eigenvalue weighted by Crippen LogP contribution is -2.78. The number of aryl methyl sites for hydroxylation is 2. The van der Waals surface area contributed by atoms with Gasteiger partial charge in [0.15, 0.2) is 11.7 Å². The number of para-hydroxylation sites is 1. The van der Waals surface area contributed by atoms with Gasteiger partial charge in [-0.2, -0.15) is 14.2 Å². The van der Waals surface area contributed by atoms with E-state index in [1.54, 1.807) is 0 Å². The van der Waals surface area contributed by atoms with Crippen molar-refractivity contribution in [2.24, 2.45) is 0 Å². The Bertz CT molecular complexity index is 2520. The third-order valence-corrected chi connectivity index (χ3v) is 11.8. The summed E-state index contributed by atoms with van der Waals surface area (Å²) in [4.78, 5) is 4.97. The molecular weight excluding hydrogens is 590 g/mol. The summed E-state index contributed by atoms with van der Waals surface area (Å²) in [6.45, 7) is 8.93. The van der Waals surface area contributed by atoms with Crippen LogP contribution in [0.3, 0.4) is 0 Å². The molecule has 6 nitrogen and oxygen atoms in total. The van der Waals surface area contributed by atoms with Crippen LogP contribution in [0.15, 0.2) is 107 Å². The predicted molar refractivity (Wildman–Crippen MR) is 189 cm³/mol. The molecule has 3 atom stereocenters. The fraction of sp³-hybridized carbons (Fsp3) is 0.286. The number of rotatable bonds is 6. The van der Waals surface area contributed by atoms with Crippen molar-refractivity contribution < 1.29 is 13.6 Å². The first-order chi connectivity index (χ1) is 23.6. The van der Waals surface area contributed by atoms with Crippen molar-refractivity contribution in [3.8, 4) is 22.8 Å². The molecule has 6 heterocycles. The summed E-state index contributed by atoms with van der Waals surface area (Å²) in [6.07, 6.45) is 10.1. The molecule has 3 unspecified atom stereocenters. The summed E-state index contributed by atoms with van der Waals surface area (Å²) in [7, 11) is 0. The molecule has 2 aliphatic heterocycles. The number of benzene rings is 3. The van der Waals surface area contributed by atoms with E-state index in [0.29, 0.717) is 0 Å². The van der Waals surface area contributed by atoms with Crippen LogP contribution in [0.5, 0.6) is 0 Å². The predicted octanol–water partition coefficient (Wildman–Crippen LogP) is 8.66. The first-order valence-corrected chi connectivity index (χ1v) is 17.7. The Hall–Kier alpha value is -5.10. The molecule has 4 aromatic heterocycles. The topological polar surface area (TPSA) is 51.6 Å². The molecule has 0 N–H and O–H groups in total. The highest BCUT2D eigenvalue weighted by atomic mass is 16.3. The SMILES string of the molecule is CCCCc1cccc2oc3c4c(ccc3c12)C(C1=CC2(CC)n3nc(C)nc3-c3cccc[n+]3C12CC)[n+]1c-4ccc2ccccc21. The van der Waals surface area contributed by atoms with Crippen LogP contribution in [-0.2, 0) is 17.5 Å². The van der Waals surface area contributed by atoms with E-state index < -0.39 is 0 Å². The van der Waals surface area contributed by atoms with Gasteiger partial charge in [-0.05, 0) is 68.2 Å². The number of allylic oxidation sites excluding steroid dienone is 2. The molecule has 236 valence electrons. The quantitative estimate of drug-likeness (QED) is 0.137. The van der Waals surface area contributed by atoms with Crippen LogP contribution in [0.2, 0.25) is 0 Å². The van der Waals surface area contributed by atoms with E-state index in [1.807, 2.05) is 6.92 Å². The van der Waals surface area contributed by atoms with Crippen molar-refractivity contribution in [3.63, 3.8) is 0 Å². The molecule has 48 heavy (non-hydrogen) atoms. The van der Waals surface area contributed by atoms with Crippen molar-refractivity contribution in [1.29, 1.82) is 0 Å². The van der Waals surface area contributed by atoms with Crippen LogP contribution in [-0.4, -0.2) is 14.8 Å². The zero-order valence-electron chi connectivity index (χ0n) is 28.0. The highest BCUT2D eigenvalue weighted by molar-refractivity contribution is 6.11. The maximum absolute atomic E-state index is 6.91. The lowest BCUT2D eigenvalue weighted by atomic mass is 9.55. The Balaban J connectivity index is 1.30. The van der Waals surface area contributed by atoms with Crippen molar-refractivity contribution in [3.05, 3.63) is 120 Å². The molecule has 0 saturated carbocycles. The van der Waals surface area contributed by atoms with Gasteiger partial charge in [-0.25, -0.2) is 9.67 Å². The fourth-order valence-corrected chi connectivity index (χ4v) is 9.80. The molecule has 0 spiro atoms. The average Bonchev–Trinajstić information content (AvgIpc) is 3.79. The third kappa shape index (κ3) is 3.19. The second-order valence-electron chi connectivity index (χ2n) is 13.9. The second-order valence-corrected chi connectivity index (χ2v) is 13.9. The van der Waals surface area contributed by atoms with Crippen LogP contribution in [0.25, 0.3) is 55.6 Å². The summed E-state index contributed by atoms with van der Waals surface area (Å²) in [6, 6.07) is 31.2. The Morgan fingerprint density at radius 3 is 2.60 bits per heavy atom. The molecule has 7 aromatic rings. The average molecular weight is 630 g/mol. The van der Waals surface area contributed by atoms with Crippen molar-refractivity contribution in [1.82, 2.24) is 14.8 Å². The van der Waals surface area contributed by atoms with E-state index in [4.69, 9.17) is 14.5 Å². The van der Waals surface area contributed by atoms with Gasteiger partial charge in [-0.15, -0.1) is 0 Å². The fourth-order valence-electron chi connectivity index (χ4n) is 9.80. The van der Waals surface area contributed by atoms with Crippen LogP contribution in [0, 0.1) is 6.92 Å². The van der Waals surface area contributed by atoms with Gasteiger partial charge in [0.25, 0.3) is 5.69 Å². The monoisotopic (exact) mass is 629 g/mol. The maximum atomic E-state index is 6.91. The first-order valence-electron chi connectivity index (χ1n) is 17.7. The highest BCUT2D eigenvalue weighted by Gasteiger charge is 2.74. The lowest BCUT2D eigenvalue weighted by Gasteiger charge is -2.54. The largest absolute Gasteiger partial charge is 0.455 e. The molecule has 0 bridgehead atoms. The second kappa shape index (κ2) is 9.72. The minimum atomic E-state index is -0.338. The number of hydrogen-bond donors (Lipinski definition) is 0. The number of aromatic nitrogens is 5. The Morgan fingerprint density at radius 2 is 1.75 bits per heavy atom. The normalized spacial score (nSPS) is 21.8. The molecule has 0 saturated heterocycles. The van der Waals surface area contributed by atoms with Gasteiger partial charge in [-0.3, -0.25) is 0 Å². The maximum Gasteiger partial charge on any atom is 0.250 e. The molecule has 1 aliphatic carbocycles. The van der Waals surface area contributed by atoms with Crippen LogP contribution in [0.4, 0.5) is 0 Å². The van der Waals surface area contributed by atoms with Gasteiger partial charge < -0.3 is 4.42 Å². The summed E-state index contributed by atoms with van der Waals surface area (Å²) in [5, 5.41) is 8.81. The van der Waals surface area contributed by atoms with E-state index in [1.165, 1.54) is 62.5 Å². The zero-order valence-corrected chi connectivity index (χ0v) is 28.0. The lowest BCUT2D eigenvalue weighted by molar-refractivity contribution is -0.775. The van der Waals surface area contributed by atoms with Crippen molar-refractivity contribution >= 4 is 32.8 Å². The molecule has 0 fully saturated rings. The molecule has 6 heteroatoms. The van der Waals surface area contributed by atoms with Crippen molar-refractivity contribution in [2.45, 2.75) is 76.9 Å². The zero-order chi connectivity index (χ0) is 32.4. The number of pyridine rings is 2. The summed E-state index contributed by atoms with van der Waals surface area (Å²) in [5.41, 5.74) is 10.2. The van der Waals surface area contributed by atoms with Gasteiger partial charge >= 0.3 is 0 Å². The number of fused-ring (bicyclic) bond motifs is 15. The smallest absolute Gasteiger partial charge is 0.250 e. The minimum Gasteiger partial charge on any atom is -0.455 e. The van der Waals surface area contributed by atoms with E-state index in [0.717, 1.165) is 47.8 Å². The van der Waals surface area contributed by atoms with Gasteiger partial charge in [-0.1, -0.05) is 57.5 Å². The number of unbranched alkanes of at least 4 members (excludes halogenated alkanes) is 1. The minimum absolute atomic E-state index is 0.00961. The van der Waals surface area contributed by atoms with Crippen molar-refractivity contribution in [2.75, 3.05) is 0 Å². The standard InChI is InChI=1S/C42H39N5O/c1-5-8-14-28-16-13-19-35-36(28)30-22-21-29-37(39(30)48-35)33-23-20-27-15-9-10-17-32(27)46(33)38(29)31-25-41(6-2)42(31,7-3)45-24-12-11-18-34(45)40-43-26(4)44-47(40)41/h9-13,15-25,38H,5-8,14H2,1-4H3/q+2. The van der Waals surface area contributed by atoms with Gasteiger partial charge in [0, 0.05) is 52.4 Å². The van der Waals surface area contributed by atoms with E-state index in [-0.39, 0.29) is 17.1 Å². The number of nitrogens with zero attached hydrogens (tertiary/aromatic N) is 5. The van der Waals surface area contributed by atoms with Crippen LogP contribution >= 0.6 is 0 Å². The Morgan fingerprint density at radius 1 is 0.875 bits per heavy atom. The molecule has 3 aromatic carbocycles. The summed E-state index contributed by atoms with van der Waals surface area (Å²) >= 11 is 0. The molecule has 0 radical (unpaired) electrons. The summed E-state index contributed by atoms with van der Waals surface area (Å²) < 4.78 is 14.3. The van der Waals surface area contributed by atoms with Gasteiger partial charge in [0.1, 0.15) is 17.0 Å². The molecule has 0 amide bonds. The Kier molecular flexibility index (Phi) is 5.66. The number of furan rings is 1. The van der Waals surface area contributed by atoms with Crippen LogP contribution < -0.4 is 9.13 Å². The first kappa shape index (κ1) is 28.0. The third-order valence-electron chi connectivity index (χ3n) is 11.8. The van der Waals surface area contributed by atoms with E-state index in [2.05, 4.69) is 132 Å². The van der Waals surface area contributed by atoms with Crippen LogP contribution in [0.1, 0.15) is 69.4 Å². The van der Waals surface area contributed by atoms with E-state index in [9.17, 15) is 0 Å². The number of hydrogen-bond acceptors (Lipinski definition) is 3. The van der Waals surface area contributed by atoms with Gasteiger partial charge in [0.05, 0.1) is 11.1 Å². The Labute approximate surface area is 280 Å². The summed E-state index contributed by atoms with van der Waals surface area (Å²) in [5.74, 6) is 1.76. The van der Waals surface area contributed by atoms with Gasteiger partial charge in [0.2, 0.25) is 28.6 Å². The van der Waals surface area contributed by atoms with E-state index >= 15 is 0 Å². The molecular formula is C42H39N5O+2. The highest BCUT2D eigenvalue weighted by Crippen LogP contribution is 2.61. The molecule has 3 aliphatic rings. The molecule has 10 rings (SSSR count).